The van der Waals surface area contributed by atoms with Crippen LogP contribution in [0.4, 0.5) is 39.5 Å². The van der Waals surface area contributed by atoms with Gasteiger partial charge in [-0.15, -0.1) is 34.0 Å². The van der Waals surface area contributed by atoms with Crippen molar-refractivity contribution in [3.63, 3.8) is 0 Å². The number of thiophene rings is 3. The van der Waals surface area contributed by atoms with Crippen molar-refractivity contribution < 1.29 is 119 Å². The SMILES string of the molecule is O=C(C=C(O)C(F)(F)F)c1cccs1.O=C(C=C(O)C(F)(F)F)c1cccs1.O=C(CC(O)C(F)(F)F)c1cccs1.[Eu].c1cnc2c(c1)ccc1cccnc12. The van der Waals surface area contributed by atoms with Crippen molar-refractivity contribution in [2.75, 3.05) is 0 Å². The Labute approximate surface area is 369 Å². The number of aromatic nitrogens is 2. The largest absolute Gasteiger partial charge is 0.504 e. The van der Waals surface area contributed by atoms with Crippen LogP contribution >= 0.6 is 34.0 Å². The Morgan fingerprint density at radius 3 is 1.28 bits per heavy atom. The normalized spacial score (nSPS) is 12.5. The topological polar surface area (TPSA) is 138 Å². The summed E-state index contributed by atoms with van der Waals surface area (Å²) in [6.07, 6.45) is -14.0. The van der Waals surface area contributed by atoms with Gasteiger partial charge in [-0.2, -0.15) is 39.5 Å². The number of benzene rings is 1. The summed E-state index contributed by atoms with van der Waals surface area (Å²) < 4.78 is 106. The van der Waals surface area contributed by atoms with Gasteiger partial charge in [0.05, 0.1) is 25.7 Å². The molecule has 6 aromatic rings. The Kier molecular flexibility index (Phi) is 19.3. The van der Waals surface area contributed by atoms with Gasteiger partial charge in [0, 0.05) is 91.1 Å². The van der Waals surface area contributed by atoms with E-state index in [0.29, 0.717) is 0 Å². The maximum absolute atomic E-state index is 11.9. The van der Waals surface area contributed by atoms with Gasteiger partial charge in [0.2, 0.25) is 11.5 Å². The molecule has 1 atom stereocenters. The van der Waals surface area contributed by atoms with Crippen LogP contribution in [0.15, 0.2) is 125 Å². The third-order valence-corrected chi connectivity index (χ3v) is 9.22. The number of halogens is 9. The molecule has 6 rings (SSSR count). The summed E-state index contributed by atoms with van der Waals surface area (Å²) in [6, 6.07) is 21.0. The number of nitrogens with zero attached hydrogens (tertiary/aromatic N) is 2. The first kappa shape index (κ1) is 49.3. The molecule has 0 bridgehead atoms. The number of fused-ring (bicyclic) bond motifs is 3. The molecule has 1 unspecified atom stereocenters. The second-order valence-corrected chi connectivity index (χ2v) is 13.5. The van der Waals surface area contributed by atoms with Crippen LogP contribution in [0.3, 0.4) is 0 Å². The average molecular weight is 1000 g/mol. The maximum atomic E-state index is 11.9. The number of allylic oxidation sites excluding steroid dienone is 4. The zero-order valence-corrected chi connectivity index (χ0v) is 33.1. The van der Waals surface area contributed by atoms with Gasteiger partial charge in [0.25, 0.3) is 0 Å². The maximum Gasteiger partial charge on any atom is 0.448 e. The molecule has 0 amide bonds. The van der Waals surface area contributed by atoms with Gasteiger partial charge in [-0.05, 0) is 46.5 Å². The van der Waals surface area contributed by atoms with Crippen LogP contribution in [-0.2, 0) is 0 Å². The number of Topliss-reactive ketones (excluding diaryl/α,β-unsaturated/α-hetero) is 1. The third-order valence-electron chi connectivity index (χ3n) is 6.54. The molecule has 0 aliphatic rings. The van der Waals surface area contributed by atoms with E-state index in [4.69, 9.17) is 15.3 Å². The second kappa shape index (κ2) is 22.3. The minimum absolute atomic E-state index is 0. The van der Waals surface area contributed by atoms with E-state index in [1.54, 1.807) is 34.6 Å². The summed E-state index contributed by atoms with van der Waals surface area (Å²) in [7, 11) is 0. The number of pyridine rings is 2. The molecule has 3 N–H and O–H groups in total. The monoisotopic (exact) mass is 1000 g/mol. The fourth-order valence-corrected chi connectivity index (χ4v) is 5.85. The molecule has 21 heteroatoms. The van der Waals surface area contributed by atoms with E-state index in [1.807, 2.05) is 12.1 Å². The van der Waals surface area contributed by atoms with E-state index in [2.05, 4.69) is 34.2 Å². The molecule has 57 heavy (non-hydrogen) atoms. The molecule has 1 aromatic carbocycles. The molecule has 0 aliphatic carbocycles. The first-order valence-corrected chi connectivity index (χ1v) is 17.8. The average Bonchev–Trinajstić information content (AvgIpc) is 3.96. The summed E-state index contributed by atoms with van der Waals surface area (Å²) in [5.41, 5.74) is 1.95. The van der Waals surface area contributed by atoms with E-state index < -0.39 is 59.9 Å². The number of alkyl halides is 9. The molecule has 1 radical (unpaired) electrons. The van der Waals surface area contributed by atoms with Crippen molar-refractivity contribution in [1.82, 2.24) is 9.97 Å². The van der Waals surface area contributed by atoms with Gasteiger partial charge in [0.15, 0.2) is 23.5 Å². The van der Waals surface area contributed by atoms with Crippen LogP contribution in [0, 0.1) is 49.4 Å². The van der Waals surface area contributed by atoms with E-state index in [0.717, 1.165) is 55.8 Å². The van der Waals surface area contributed by atoms with Gasteiger partial charge in [-0.1, -0.05) is 42.5 Å². The van der Waals surface area contributed by atoms with E-state index in [9.17, 15) is 53.9 Å². The molecular weight excluding hydrogens is 976 g/mol. The Bertz CT molecular complexity index is 2130. The van der Waals surface area contributed by atoms with Crippen LogP contribution in [0.25, 0.3) is 21.8 Å². The fourth-order valence-electron chi connectivity index (χ4n) is 3.90. The van der Waals surface area contributed by atoms with Crippen molar-refractivity contribution in [3.05, 3.63) is 140 Å². The molecule has 5 heterocycles. The number of hydrogen-bond donors (Lipinski definition) is 3. The van der Waals surface area contributed by atoms with E-state index in [1.165, 1.54) is 30.3 Å². The molecular formula is C36H25EuF9N2O6S3. The Morgan fingerprint density at radius 2 is 0.965 bits per heavy atom. The first-order chi connectivity index (χ1) is 26.2. The number of rotatable bonds is 7. The molecule has 0 fully saturated rings. The predicted octanol–water partition coefficient (Wildman–Crippen LogP) is 10.9. The van der Waals surface area contributed by atoms with Gasteiger partial charge in [-0.25, -0.2) is 0 Å². The first-order valence-electron chi connectivity index (χ1n) is 15.2. The molecule has 0 spiro atoms. The van der Waals surface area contributed by atoms with E-state index >= 15 is 0 Å². The number of carbonyl (C=O) groups excluding carboxylic acids is 3. The van der Waals surface area contributed by atoms with Gasteiger partial charge in [-0.3, -0.25) is 24.4 Å². The number of hydrogen-bond acceptors (Lipinski definition) is 11. The Balaban J connectivity index is 0.000000261. The van der Waals surface area contributed by atoms with Crippen LogP contribution in [0.1, 0.15) is 35.4 Å². The Hall–Kier alpha value is -3.86. The van der Waals surface area contributed by atoms with Crippen molar-refractivity contribution in [2.45, 2.75) is 31.1 Å². The second-order valence-electron chi connectivity index (χ2n) is 10.6. The smallest absolute Gasteiger partial charge is 0.448 e. The van der Waals surface area contributed by atoms with Crippen LogP contribution in [-0.4, -0.2) is 67.3 Å². The van der Waals surface area contributed by atoms with Gasteiger partial charge < -0.3 is 15.3 Å². The summed E-state index contributed by atoms with van der Waals surface area (Å²) in [5.74, 6) is -6.15. The molecule has 8 nitrogen and oxygen atoms in total. The predicted molar refractivity (Wildman–Crippen MR) is 193 cm³/mol. The molecule has 303 valence electrons. The minimum atomic E-state index is -4.87. The molecule has 0 saturated heterocycles. The number of carbonyl (C=O) groups is 3. The quantitative estimate of drug-likeness (QED) is 0.0473. The fraction of sp³-hybridized carbons (Fsp3) is 0.139. The van der Waals surface area contributed by atoms with E-state index in [-0.39, 0.29) is 76.2 Å². The number of aliphatic hydroxyl groups is 3. The van der Waals surface area contributed by atoms with Crippen LogP contribution in [0.2, 0.25) is 0 Å². The van der Waals surface area contributed by atoms with Gasteiger partial charge in [0.1, 0.15) is 0 Å². The Morgan fingerprint density at radius 1 is 0.596 bits per heavy atom. The summed E-state index contributed by atoms with van der Waals surface area (Å²) in [6.45, 7) is 0. The number of aliphatic hydroxyl groups excluding tert-OH is 3. The summed E-state index contributed by atoms with van der Waals surface area (Å²) >= 11 is 3.08. The van der Waals surface area contributed by atoms with Gasteiger partial charge >= 0.3 is 18.5 Å². The molecule has 0 aliphatic heterocycles. The summed E-state index contributed by atoms with van der Waals surface area (Å²) in [4.78, 5) is 42.4. The third kappa shape index (κ3) is 16.1. The minimum Gasteiger partial charge on any atom is -0.504 e. The van der Waals surface area contributed by atoms with Crippen molar-refractivity contribution in [3.8, 4) is 0 Å². The zero-order valence-electron chi connectivity index (χ0n) is 28.2. The standard InChI is InChI=1S/C12H8N2.C8H7F3O2S.2C8H5F3O2S.Eu/c1-3-9-5-6-10-4-2-8-14-12(10)11(9)13-7-1;3*9-8(10,11)7(13)4-5(12)6-2-1-3-14-6;/h1-8H;1-3,7,13H,4H2;2*1-4,13H;. The number of ketones is 3. The molecule has 5 aromatic heterocycles. The summed E-state index contributed by atoms with van der Waals surface area (Å²) in [5, 5.41) is 32.6. The van der Waals surface area contributed by atoms with Crippen LogP contribution < -0.4 is 0 Å². The molecule has 0 saturated carbocycles. The van der Waals surface area contributed by atoms with Crippen molar-refractivity contribution in [2.24, 2.45) is 0 Å². The zero-order chi connectivity index (χ0) is 41.7. The van der Waals surface area contributed by atoms with Crippen LogP contribution in [0.5, 0.6) is 0 Å². The van der Waals surface area contributed by atoms with Crippen molar-refractivity contribution >= 4 is 73.2 Å². The van der Waals surface area contributed by atoms with Crippen molar-refractivity contribution in [1.29, 1.82) is 0 Å².